The lowest BCUT2D eigenvalue weighted by Crippen LogP contribution is -1.98. The summed E-state index contributed by atoms with van der Waals surface area (Å²) in [4.78, 5) is 14.9. The Morgan fingerprint density at radius 1 is 1.38 bits per heavy atom. The van der Waals surface area contributed by atoms with E-state index in [1.807, 2.05) is 0 Å². The van der Waals surface area contributed by atoms with Crippen molar-refractivity contribution in [2.75, 3.05) is 0 Å². The molecule has 2 aromatic rings. The fourth-order valence-corrected chi connectivity index (χ4v) is 2.65. The van der Waals surface area contributed by atoms with Gasteiger partial charge in [-0.3, -0.25) is 4.98 Å². The van der Waals surface area contributed by atoms with E-state index in [0.717, 1.165) is 3.57 Å². The molecule has 0 bridgehead atoms. The van der Waals surface area contributed by atoms with Crippen LogP contribution in [0.15, 0.2) is 18.3 Å². The second-order valence-electron chi connectivity index (χ2n) is 3.08. The summed E-state index contributed by atoms with van der Waals surface area (Å²) >= 11 is 14.0. The van der Waals surface area contributed by atoms with Crippen molar-refractivity contribution < 1.29 is 9.90 Å². The second-order valence-corrected chi connectivity index (χ2v) is 5.03. The third kappa shape index (κ3) is 1.97. The molecule has 6 heteroatoms. The van der Waals surface area contributed by atoms with Crippen LogP contribution in [-0.4, -0.2) is 16.1 Å². The summed E-state index contributed by atoms with van der Waals surface area (Å²) in [5, 5.41) is 10.1. The second kappa shape index (κ2) is 4.35. The van der Waals surface area contributed by atoms with Crippen molar-refractivity contribution in [1.29, 1.82) is 0 Å². The van der Waals surface area contributed by atoms with Gasteiger partial charge in [-0.1, -0.05) is 23.2 Å². The minimum atomic E-state index is -1.04. The van der Waals surface area contributed by atoms with Crippen LogP contribution in [0.2, 0.25) is 10.0 Å². The number of aromatic carboxylic acids is 1. The smallest absolute Gasteiger partial charge is 0.337 e. The van der Waals surface area contributed by atoms with Gasteiger partial charge >= 0.3 is 5.97 Å². The molecule has 1 N–H and O–H groups in total. The van der Waals surface area contributed by atoms with Crippen LogP contribution in [0.3, 0.4) is 0 Å². The number of halogens is 3. The van der Waals surface area contributed by atoms with Crippen LogP contribution in [0, 0.1) is 3.57 Å². The van der Waals surface area contributed by atoms with E-state index >= 15 is 0 Å². The Kier molecular flexibility index (Phi) is 3.23. The number of carboxylic acids is 1. The Balaban J connectivity index is 2.86. The van der Waals surface area contributed by atoms with Crippen molar-refractivity contribution in [3.8, 4) is 0 Å². The zero-order chi connectivity index (χ0) is 11.9. The Bertz CT molecular complexity index is 601. The molecule has 0 saturated carbocycles. The number of nitrogens with zero attached hydrogens (tertiary/aromatic N) is 1. The maximum absolute atomic E-state index is 10.8. The fourth-order valence-electron chi connectivity index (χ4n) is 1.31. The topological polar surface area (TPSA) is 50.2 Å². The van der Waals surface area contributed by atoms with Crippen molar-refractivity contribution >= 4 is 62.7 Å². The van der Waals surface area contributed by atoms with Gasteiger partial charge in [0.05, 0.1) is 21.1 Å². The van der Waals surface area contributed by atoms with Crippen LogP contribution in [0.25, 0.3) is 10.9 Å². The molecule has 0 radical (unpaired) electrons. The number of carbonyl (C=O) groups is 1. The monoisotopic (exact) mass is 367 g/mol. The van der Waals surface area contributed by atoms with Gasteiger partial charge < -0.3 is 5.11 Å². The van der Waals surface area contributed by atoms with Crippen LogP contribution in [-0.2, 0) is 0 Å². The average Bonchev–Trinajstić information content (AvgIpc) is 2.25. The number of carboxylic acid groups (broad SMARTS) is 1. The molecule has 3 nitrogen and oxygen atoms in total. The number of hydrogen-bond acceptors (Lipinski definition) is 2. The summed E-state index contributed by atoms with van der Waals surface area (Å²) in [5.74, 6) is -1.04. The lowest BCUT2D eigenvalue weighted by atomic mass is 10.1. The van der Waals surface area contributed by atoms with Gasteiger partial charge in [0.25, 0.3) is 0 Å². The van der Waals surface area contributed by atoms with Gasteiger partial charge in [0.2, 0.25) is 0 Å². The highest BCUT2D eigenvalue weighted by Gasteiger charge is 2.12. The van der Waals surface area contributed by atoms with Gasteiger partial charge in [-0.2, -0.15) is 0 Å². The van der Waals surface area contributed by atoms with Gasteiger partial charge in [0.1, 0.15) is 0 Å². The number of fused-ring (bicyclic) bond motifs is 1. The first-order valence-electron chi connectivity index (χ1n) is 4.17. The Hall–Kier alpha value is -0.590. The minimum Gasteiger partial charge on any atom is -0.478 e. The van der Waals surface area contributed by atoms with E-state index < -0.39 is 5.97 Å². The van der Waals surface area contributed by atoms with E-state index in [-0.39, 0.29) is 5.56 Å². The standard InChI is InChI=1S/C10H4Cl2INO2/c11-6-2-7(13)9-5(8(6)12)1-4(3-14-9)10(15)16/h1-3H,(H,15,16). The Morgan fingerprint density at radius 3 is 2.69 bits per heavy atom. The van der Waals surface area contributed by atoms with E-state index in [2.05, 4.69) is 27.6 Å². The van der Waals surface area contributed by atoms with Crippen molar-refractivity contribution in [2.24, 2.45) is 0 Å². The number of benzene rings is 1. The van der Waals surface area contributed by atoms with Crippen molar-refractivity contribution in [3.63, 3.8) is 0 Å². The molecule has 82 valence electrons. The maximum atomic E-state index is 10.8. The molecular weight excluding hydrogens is 364 g/mol. The van der Waals surface area contributed by atoms with Crippen LogP contribution >= 0.6 is 45.8 Å². The number of aromatic nitrogens is 1. The van der Waals surface area contributed by atoms with Crippen LogP contribution in [0.5, 0.6) is 0 Å². The summed E-state index contributed by atoms with van der Waals surface area (Å²) in [6, 6.07) is 3.17. The van der Waals surface area contributed by atoms with Gasteiger partial charge in [0, 0.05) is 15.2 Å². The highest BCUT2D eigenvalue weighted by Crippen LogP contribution is 2.33. The minimum absolute atomic E-state index is 0.0902. The number of pyridine rings is 1. The highest BCUT2D eigenvalue weighted by atomic mass is 127. The normalized spacial score (nSPS) is 10.7. The highest BCUT2D eigenvalue weighted by molar-refractivity contribution is 14.1. The van der Waals surface area contributed by atoms with Gasteiger partial charge in [0.15, 0.2) is 0 Å². The third-order valence-electron chi connectivity index (χ3n) is 2.06. The number of rotatable bonds is 1. The molecule has 2 rings (SSSR count). The number of hydrogen-bond donors (Lipinski definition) is 1. The summed E-state index contributed by atoms with van der Waals surface area (Å²) in [6.45, 7) is 0. The quantitative estimate of drug-likeness (QED) is 0.615. The van der Waals surface area contributed by atoms with E-state index in [1.165, 1.54) is 12.3 Å². The molecule has 0 spiro atoms. The van der Waals surface area contributed by atoms with Crippen LogP contribution in [0.4, 0.5) is 0 Å². The van der Waals surface area contributed by atoms with E-state index in [9.17, 15) is 4.79 Å². The molecular formula is C10H4Cl2INO2. The Morgan fingerprint density at radius 2 is 2.06 bits per heavy atom. The first kappa shape index (κ1) is 11.9. The molecule has 16 heavy (non-hydrogen) atoms. The van der Waals surface area contributed by atoms with E-state index in [0.29, 0.717) is 20.9 Å². The molecule has 0 unspecified atom stereocenters. The molecule has 0 aliphatic rings. The summed E-state index contributed by atoms with van der Waals surface area (Å²) in [5.41, 5.74) is 0.743. The molecule has 1 heterocycles. The zero-order valence-electron chi connectivity index (χ0n) is 7.67. The predicted molar refractivity (Wildman–Crippen MR) is 71.4 cm³/mol. The summed E-state index contributed by atoms with van der Waals surface area (Å²) < 4.78 is 0.832. The molecule has 0 aliphatic carbocycles. The third-order valence-corrected chi connectivity index (χ3v) is 3.68. The summed E-state index contributed by atoms with van der Waals surface area (Å²) in [7, 11) is 0. The Labute approximate surface area is 115 Å². The lowest BCUT2D eigenvalue weighted by molar-refractivity contribution is 0.0696. The maximum Gasteiger partial charge on any atom is 0.337 e. The molecule has 0 saturated heterocycles. The first-order chi connectivity index (χ1) is 7.50. The molecule has 0 amide bonds. The molecule has 0 fully saturated rings. The molecule has 0 aliphatic heterocycles. The molecule has 1 aromatic carbocycles. The molecule has 0 atom stereocenters. The van der Waals surface area contributed by atoms with Crippen LogP contribution < -0.4 is 0 Å². The van der Waals surface area contributed by atoms with Crippen molar-refractivity contribution in [1.82, 2.24) is 4.98 Å². The zero-order valence-corrected chi connectivity index (χ0v) is 11.3. The van der Waals surface area contributed by atoms with Gasteiger partial charge in [-0.15, -0.1) is 0 Å². The predicted octanol–water partition coefficient (Wildman–Crippen LogP) is 3.84. The largest absolute Gasteiger partial charge is 0.478 e. The van der Waals surface area contributed by atoms with Crippen LogP contribution in [0.1, 0.15) is 10.4 Å². The van der Waals surface area contributed by atoms with E-state index in [4.69, 9.17) is 28.3 Å². The fraction of sp³-hybridized carbons (Fsp3) is 0. The van der Waals surface area contributed by atoms with Gasteiger partial charge in [-0.25, -0.2) is 4.79 Å². The summed E-state index contributed by atoms with van der Waals surface area (Å²) in [6.07, 6.45) is 1.30. The van der Waals surface area contributed by atoms with Gasteiger partial charge in [-0.05, 0) is 34.7 Å². The van der Waals surface area contributed by atoms with Crippen molar-refractivity contribution in [3.05, 3.63) is 37.5 Å². The average molecular weight is 368 g/mol. The van der Waals surface area contributed by atoms with Crippen molar-refractivity contribution in [2.45, 2.75) is 0 Å². The lowest BCUT2D eigenvalue weighted by Gasteiger charge is -2.05. The first-order valence-corrected chi connectivity index (χ1v) is 6.00. The van der Waals surface area contributed by atoms with E-state index in [1.54, 1.807) is 6.07 Å². The SMILES string of the molecule is O=C(O)c1cnc2c(I)cc(Cl)c(Cl)c2c1. The molecule has 1 aromatic heterocycles.